The SMILES string of the molecule is CCOc1ccc(-n2c(-c3ccccc3)cc(/C=N\Nc3ccccc3)c2-c2ccccc2)cc1. The Kier molecular flexibility index (Phi) is 6.72. The number of para-hydroxylation sites is 1. The Morgan fingerprint density at radius 3 is 1.97 bits per heavy atom. The molecule has 4 aromatic carbocycles. The van der Waals surface area contributed by atoms with Gasteiger partial charge in [0.2, 0.25) is 0 Å². The van der Waals surface area contributed by atoms with Gasteiger partial charge in [-0.2, -0.15) is 5.10 Å². The van der Waals surface area contributed by atoms with E-state index >= 15 is 0 Å². The molecule has 1 aromatic heterocycles. The summed E-state index contributed by atoms with van der Waals surface area (Å²) >= 11 is 0. The molecule has 5 rings (SSSR count). The van der Waals surface area contributed by atoms with Gasteiger partial charge in [-0.15, -0.1) is 0 Å². The van der Waals surface area contributed by atoms with Gasteiger partial charge in [-0.05, 0) is 60.5 Å². The number of anilines is 1. The van der Waals surface area contributed by atoms with Crippen LogP contribution in [0, 0.1) is 0 Å². The molecule has 0 bridgehead atoms. The summed E-state index contributed by atoms with van der Waals surface area (Å²) < 4.78 is 7.98. The molecule has 172 valence electrons. The Morgan fingerprint density at radius 2 is 1.34 bits per heavy atom. The molecule has 0 aliphatic rings. The van der Waals surface area contributed by atoms with Gasteiger partial charge in [0.05, 0.1) is 29.9 Å². The summed E-state index contributed by atoms with van der Waals surface area (Å²) in [6.45, 7) is 2.64. The van der Waals surface area contributed by atoms with E-state index in [1.165, 1.54) is 0 Å². The monoisotopic (exact) mass is 457 g/mol. The quantitative estimate of drug-likeness (QED) is 0.192. The normalized spacial score (nSPS) is 11.0. The summed E-state index contributed by atoms with van der Waals surface area (Å²) in [6, 6.07) is 41.3. The molecule has 0 amide bonds. The van der Waals surface area contributed by atoms with Gasteiger partial charge in [-0.25, -0.2) is 0 Å². The molecule has 1 N–H and O–H groups in total. The first-order chi connectivity index (χ1) is 17.3. The largest absolute Gasteiger partial charge is 0.494 e. The third-order valence-corrected chi connectivity index (χ3v) is 5.72. The second-order valence-electron chi connectivity index (χ2n) is 8.06. The molecule has 1 heterocycles. The average molecular weight is 458 g/mol. The standard InChI is InChI=1S/C31H27N3O/c1-2-35-29-20-18-28(19-21-29)34-30(24-12-6-3-7-13-24)22-26(31(34)25-14-8-4-9-15-25)23-32-33-27-16-10-5-11-17-27/h3-23,33H,2H2,1H3/b32-23-. The number of hydrazone groups is 1. The number of benzene rings is 4. The van der Waals surface area contributed by atoms with Crippen LogP contribution in [0.3, 0.4) is 0 Å². The fraction of sp³-hybridized carbons (Fsp3) is 0.0645. The summed E-state index contributed by atoms with van der Waals surface area (Å²) in [5, 5.41) is 4.57. The van der Waals surface area contributed by atoms with E-state index in [-0.39, 0.29) is 0 Å². The van der Waals surface area contributed by atoms with E-state index in [1.54, 1.807) is 0 Å². The van der Waals surface area contributed by atoms with E-state index < -0.39 is 0 Å². The van der Waals surface area contributed by atoms with Crippen LogP contribution in [0.25, 0.3) is 28.2 Å². The summed E-state index contributed by atoms with van der Waals surface area (Å²) in [7, 11) is 0. The van der Waals surface area contributed by atoms with Crippen molar-refractivity contribution in [2.24, 2.45) is 5.10 Å². The van der Waals surface area contributed by atoms with E-state index in [1.807, 2.05) is 67.7 Å². The van der Waals surface area contributed by atoms with Crippen LogP contribution in [0.15, 0.2) is 126 Å². The van der Waals surface area contributed by atoms with Crippen molar-refractivity contribution in [3.8, 4) is 34.0 Å². The van der Waals surface area contributed by atoms with Crippen LogP contribution in [-0.2, 0) is 0 Å². The Morgan fingerprint density at radius 1 is 0.743 bits per heavy atom. The molecule has 0 radical (unpaired) electrons. The van der Waals surface area contributed by atoms with Crippen molar-refractivity contribution in [1.29, 1.82) is 0 Å². The highest BCUT2D eigenvalue weighted by atomic mass is 16.5. The predicted molar refractivity (Wildman–Crippen MR) is 145 cm³/mol. The molecule has 0 aliphatic carbocycles. The molecule has 35 heavy (non-hydrogen) atoms. The molecule has 0 spiro atoms. The highest BCUT2D eigenvalue weighted by Gasteiger charge is 2.18. The number of rotatable bonds is 8. The second-order valence-corrected chi connectivity index (χ2v) is 8.06. The first kappa shape index (κ1) is 22.2. The highest BCUT2D eigenvalue weighted by Crippen LogP contribution is 2.35. The smallest absolute Gasteiger partial charge is 0.119 e. The Hall–Kier alpha value is -4.57. The Bertz CT molecular complexity index is 1390. The van der Waals surface area contributed by atoms with Crippen molar-refractivity contribution >= 4 is 11.9 Å². The van der Waals surface area contributed by atoms with Crippen molar-refractivity contribution in [3.05, 3.63) is 127 Å². The van der Waals surface area contributed by atoms with E-state index in [0.29, 0.717) is 6.61 Å². The number of aromatic nitrogens is 1. The highest BCUT2D eigenvalue weighted by molar-refractivity contribution is 5.93. The molecule has 0 atom stereocenters. The maximum Gasteiger partial charge on any atom is 0.119 e. The average Bonchev–Trinajstić information content (AvgIpc) is 3.30. The van der Waals surface area contributed by atoms with E-state index in [0.717, 1.165) is 45.2 Å². The fourth-order valence-corrected chi connectivity index (χ4v) is 4.16. The Balaban J connectivity index is 1.68. The molecule has 0 aliphatic heterocycles. The molecule has 5 aromatic rings. The zero-order chi connectivity index (χ0) is 23.9. The Labute approximate surface area is 206 Å². The zero-order valence-electron chi connectivity index (χ0n) is 19.6. The molecule has 4 heteroatoms. The number of hydrogen-bond acceptors (Lipinski definition) is 3. The molecule has 0 saturated heterocycles. The van der Waals surface area contributed by atoms with Crippen LogP contribution >= 0.6 is 0 Å². The van der Waals surface area contributed by atoms with E-state index in [4.69, 9.17) is 4.74 Å². The van der Waals surface area contributed by atoms with Crippen molar-refractivity contribution in [2.75, 3.05) is 12.0 Å². The fourth-order valence-electron chi connectivity index (χ4n) is 4.16. The van der Waals surface area contributed by atoms with Gasteiger partial charge < -0.3 is 9.30 Å². The molecular formula is C31H27N3O. The van der Waals surface area contributed by atoms with E-state index in [9.17, 15) is 0 Å². The van der Waals surface area contributed by atoms with Crippen LogP contribution in [0.5, 0.6) is 5.75 Å². The third-order valence-electron chi connectivity index (χ3n) is 5.72. The molecule has 0 unspecified atom stereocenters. The lowest BCUT2D eigenvalue weighted by molar-refractivity contribution is 0.340. The van der Waals surface area contributed by atoms with Crippen LogP contribution in [-0.4, -0.2) is 17.4 Å². The minimum Gasteiger partial charge on any atom is -0.494 e. The maximum atomic E-state index is 5.69. The molecular weight excluding hydrogens is 430 g/mol. The van der Waals surface area contributed by atoms with Gasteiger partial charge in [0.1, 0.15) is 5.75 Å². The number of ether oxygens (including phenoxy) is 1. The van der Waals surface area contributed by atoms with Gasteiger partial charge in [0.25, 0.3) is 0 Å². The van der Waals surface area contributed by atoms with Gasteiger partial charge in [0.15, 0.2) is 0 Å². The van der Waals surface area contributed by atoms with Crippen molar-refractivity contribution < 1.29 is 4.74 Å². The molecule has 0 saturated carbocycles. The van der Waals surface area contributed by atoms with Crippen LogP contribution in [0.1, 0.15) is 12.5 Å². The first-order valence-corrected chi connectivity index (χ1v) is 11.8. The van der Waals surface area contributed by atoms with Crippen molar-refractivity contribution in [3.63, 3.8) is 0 Å². The maximum absolute atomic E-state index is 5.69. The predicted octanol–water partition coefficient (Wildman–Crippen LogP) is 7.66. The summed E-state index contributed by atoms with van der Waals surface area (Å²) in [4.78, 5) is 0. The van der Waals surface area contributed by atoms with Gasteiger partial charge in [-0.1, -0.05) is 78.9 Å². The summed E-state index contributed by atoms with van der Waals surface area (Å²) in [6.07, 6.45) is 1.90. The minimum atomic E-state index is 0.641. The zero-order valence-corrected chi connectivity index (χ0v) is 19.6. The summed E-state index contributed by atoms with van der Waals surface area (Å²) in [5.74, 6) is 0.861. The molecule has 4 nitrogen and oxygen atoms in total. The lowest BCUT2D eigenvalue weighted by atomic mass is 10.1. The van der Waals surface area contributed by atoms with Crippen LogP contribution in [0.2, 0.25) is 0 Å². The van der Waals surface area contributed by atoms with Gasteiger partial charge in [-0.3, -0.25) is 5.43 Å². The minimum absolute atomic E-state index is 0.641. The first-order valence-electron chi connectivity index (χ1n) is 11.8. The van der Waals surface area contributed by atoms with Crippen LogP contribution in [0.4, 0.5) is 5.69 Å². The van der Waals surface area contributed by atoms with Gasteiger partial charge >= 0.3 is 0 Å². The third kappa shape index (κ3) is 5.02. The topological polar surface area (TPSA) is 38.5 Å². The summed E-state index contributed by atoms with van der Waals surface area (Å²) in [5.41, 5.74) is 10.6. The van der Waals surface area contributed by atoms with Crippen molar-refractivity contribution in [1.82, 2.24) is 4.57 Å². The molecule has 0 fully saturated rings. The lowest BCUT2D eigenvalue weighted by Gasteiger charge is -2.15. The van der Waals surface area contributed by atoms with Gasteiger partial charge in [0, 0.05) is 11.3 Å². The number of nitrogens with zero attached hydrogens (tertiary/aromatic N) is 2. The van der Waals surface area contributed by atoms with Crippen molar-refractivity contribution in [2.45, 2.75) is 6.92 Å². The lowest BCUT2D eigenvalue weighted by Crippen LogP contribution is -2.01. The number of hydrogen-bond donors (Lipinski definition) is 1. The van der Waals surface area contributed by atoms with E-state index in [2.05, 4.69) is 81.8 Å². The number of nitrogens with one attached hydrogen (secondary N) is 1. The second kappa shape index (κ2) is 10.6. The van der Waals surface area contributed by atoms with Crippen LogP contribution < -0.4 is 10.2 Å².